The van der Waals surface area contributed by atoms with Gasteiger partial charge in [0.1, 0.15) is 5.54 Å². The monoisotopic (exact) mass is 330 g/mol. The summed E-state index contributed by atoms with van der Waals surface area (Å²) in [5.74, 6) is 0.0764. The maximum atomic E-state index is 12.5. The molecule has 3 rings (SSSR count). The molecule has 0 saturated carbocycles. The van der Waals surface area contributed by atoms with Gasteiger partial charge in [-0.25, -0.2) is 9.59 Å². The third kappa shape index (κ3) is 3.06. The summed E-state index contributed by atoms with van der Waals surface area (Å²) in [6, 6.07) is 6.96. The minimum absolute atomic E-state index is 0.181. The molecule has 0 radical (unpaired) electrons. The van der Waals surface area contributed by atoms with Gasteiger partial charge in [-0.2, -0.15) is 0 Å². The maximum Gasteiger partial charge on any atom is 0.322 e. The molecule has 0 bridgehead atoms. The number of benzene rings is 1. The molecule has 1 aromatic carbocycles. The van der Waals surface area contributed by atoms with Crippen molar-refractivity contribution in [3.63, 3.8) is 0 Å². The van der Waals surface area contributed by atoms with E-state index in [2.05, 4.69) is 29.8 Å². The molecule has 1 spiro atoms. The maximum absolute atomic E-state index is 12.5. The number of hydrogen-bond donors (Lipinski definition) is 3. The Bertz CT molecular complexity index is 671. The van der Waals surface area contributed by atoms with Gasteiger partial charge in [-0.1, -0.05) is 26.0 Å². The molecular formula is C17H22N4O3. The Hall–Kier alpha value is -2.57. The molecule has 0 aliphatic carbocycles. The van der Waals surface area contributed by atoms with Crippen molar-refractivity contribution in [2.24, 2.45) is 0 Å². The van der Waals surface area contributed by atoms with Crippen LogP contribution in [-0.4, -0.2) is 41.5 Å². The molecule has 2 aliphatic rings. The van der Waals surface area contributed by atoms with Crippen LogP contribution in [0.4, 0.5) is 15.3 Å². The summed E-state index contributed by atoms with van der Waals surface area (Å²) in [5, 5.41) is 7.78. The highest BCUT2D eigenvalue weighted by Gasteiger charge is 2.49. The van der Waals surface area contributed by atoms with Gasteiger partial charge in [0.05, 0.1) is 6.54 Å². The fraction of sp³-hybridized carbons (Fsp3) is 0.471. The average molecular weight is 330 g/mol. The molecule has 1 unspecified atom stereocenters. The highest BCUT2D eigenvalue weighted by Crippen LogP contribution is 2.25. The Kier molecular flexibility index (Phi) is 4.17. The average Bonchev–Trinajstić information content (AvgIpc) is 2.81. The number of anilines is 1. The van der Waals surface area contributed by atoms with Crippen LogP contribution in [0.15, 0.2) is 24.3 Å². The SMILES string of the molecule is CC(C)c1ccc(NC(=O)N2CCCC3(C2)NC(=O)NC3=O)cc1. The Morgan fingerprint density at radius 1 is 1.25 bits per heavy atom. The lowest BCUT2D eigenvalue weighted by atomic mass is 9.89. The number of amides is 5. The molecule has 128 valence electrons. The summed E-state index contributed by atoms with van der Waals surface area (Å²) in [5.41, 5.74) is 0.924. The second-order valence-corrected chi connectivity index (χ2v) is 6.72. The Morgan fingerprint density at radius 2 is 1.96 bits per heavy atom. The summed E-state index contributed by atoms with van der Waals surface area (Å²) in [4.78, 5) is 37.5. The number of nitrogens with zero attached hydrogens (tertiary/aromatic N) is 1. The summed E-state index contributed by atoms with van der Waals surface area (Å²) < 4.78 is 0. The predicted molar refractivity (Wildman–Crippen MR) is 89.8 cm³/mol. The van der Waals surface area contributed by atoms with Crippen molar-refractivity contribution in [2.75, 3.05) is 18.4 Å². The van der Waals surface area contributed by atoms with Gasteiger partial charge in [0.25, 0.3) is 5.91 Å². The van der Waals surface area contributed by atoms with Crippen molar-refractivity contribution >= 4 is 23.7 Å². The minimum Gasteiger partial charge on any atom is -0.322 e. The third-order valence-electron chi connectivity index (χ3n) is 4.62. The fourth-order valence-corrected chi connectivity index (χ4v) is 3.20. The quantitative estimate of drug-likeness (QED) is 0.725. The number of hydrogen-bond acceptors (Lipinski definition) is 3. The van der Waals surface area contributed by atoms with Gasteiger partial charge in [-0.15, -0.1) is 0 Å². The second-order valence-electron chi connectivity index (χ2n) is 6.72. The van der Waals surface area contributed by atoms with E-state index in [1.54, 1.807) is 4.90 Å². The molecule has 2 saturated heterocycles. The molecule has 2 fully saturated rings. The first-order valence-corrected chi connectivity index (χ1v) is 8.19. The van der Waals surface area contributed by atoms with Crippen LogP contribution in [0.2, 0.25) is 0 Å². The van der Waals surface area contributed by atoms with Crippen molar-refractivity contribution in [2.45, 2.75) is 38.1 Å². The summed E-state index contributed by atoms with van der Waals surface area (Å²) in [6.07, 6.45) is 1.20. The number of rotatable bonds is 2. The van der Waals surface area contributed by atoms with Crippen molar-refractivity contribution in [1.82, 2.24) is 15.5 Å². The zero-order chi connectivity index (χ0) is 17.3. The third-order valence-corrected chi connectivity index (χ3v) is 4.62. The molecule has 0 aromatic heterocycles. The molecule has 5 amide bonds. The molecule has 24 heavy (non-hydrogen) atoms. The molecule has 2 heterocycles. The van der Waals surface area contributed by atoms with Crippen LogP contribution >= 0.6 is 0 Å². The van der Waals surface area contributed by atoms with Crippen LogP contribution in [0.5, 0.6) is 0 Å². The summed E-state index contributed by atoms with van der Waals surface area (Å²) in [6.45, 7) is 4.96. The van der Waals surface area contributed by atoms with E-state index in [9.17, 15) is 14.4 Å². The molecule has 1 atom stereocenters. The number of carbonyl (C=O) groups is 3. The molecule has 7 nitrogen and oxygen atoms in total. The first kappa shape index (κ1) is 16.3. The summed E-state index contributed by atoms with van der Waals surface area (Å²) >= 11 is 0. The molecular weight excluding hydrogens is 308 g/mol. The van der Waals surface area contributed by atoms with Crippen LogP contribution in [0.3, 0.4) is 0 Å². The number of carbonyl (C=O) groups excluding carboxylic acids is 3. The highest BCUT2D eigenvalue weighted by atomic mass is 16.2. The normalized spacial score (nSPS) is 23.4. The number of urea groups is 2. The van der Waals surface area contributed by atoms with Crippen molar-refractivity contribution < 1.29 is 14.4 Å². The van der Waals surface area contributed by atoms with Crippen LogP contribution in [0.1, 0.15) is 38.2 Å². The van der Waals surface area contributed by atoms with Crippen LogP contribution in [0, 0.1) is 0 Å². The lowest BCUT2D eigenvalue weighted by molar-refractivity contribution is -0.125. The number of likely N-dealkylation sites (tertiary alicyclic amines) is 1. The Morgan fingerprint density at radius 3 is 2.54 bits per heavy atom. The molecule has 7 heteroatoms. The van der Waals surface area contributed by atoms with Crippen LogP contribution < -0.4 is 16.0 Å². The lowest BCUT2D eigenvalue weighted by Crippen LogP contribution is -2.60. The van der Waals surface area contributed by atoms with Crippen molar-refractivity contribution in [1.29, 1.82) is 0 Å². The molecule has 2 aliphatic heterocycles. The first-order chi connectivity index (χ1) is 11.4. The van der Waals surface area contributed by atoms with Crippen molar-refractivity contribution in [3.8, 4) is 0 Å². The van der Waals surface area contributed by atoms with Crippen LogP contribution in [0.25, 0.3) is 0 Å². The number of imide groups is 1. The Labute approximate surface area is 140 Å². The smallest absolute Gasteiger partial charge is 0.322 e. The fourth-order valence-electron chi connectivity index (χ4n) is 3.20. The van der Waals surface area contributed by atoms with E-state index in [1.807, 2.05) is 24.3 Å². The largest absolute Gasteiger partial charge is 0.322 e. The first-order valence-electron chi connectivity index (χ1n) is 8.19. The van der Waals surface area contributed by atoms with Gasteiger partial charge < -0.3 is 15.5 Å². The highest BCUT2D eigenvalue weighted by molar-refractivity contribution is 6.07. The summed E-state index contributed by atoms with van der Waals surface area (Å²) in [7, 11) is 0. The predicted octanol–water partition coefficient (Wildman–Crippen LogP) is 2.02. The van der Waals surface area contributed by atoms with E-state index in [4.69, 9.17) is 0 Å². The van der Waals surface area contributed by atoms with Gasteiger partial charge in [0.2, 0.25) is 0 Å². The van der Waals surface area contributed by atoms with Gasteiger partial charge in [-0.3, -0.25) is 10.1 Å². The van der Waals surface area contributed by atoms with E-state index in [0.717, 1.165) is 0 Å². The van der Waals surface area contributed by atoms with E-state index in [-0.39, 0.29) is 18.5 Å². The van der Waals surface area contributed by atoms with Gasteiger partial charge in [0.15, 0.2) is 0 Å². The minimum atomic E-state index is -0.992. The van der Waals surface area contributed by atoms with E-state index >= 15 is 0 Å². The van der Waals surface area contributed by atoms with Gasteiger partial charge >= 0.3 is 12.1 Å². The van der Waals surface area contributed by atoms with E-state index < -0.39 is 11.6 Å². The topological polar surface area (TPSA) is 90.5 Å². The zero-order valence-electron chi connectivity index (χ0n) is 13.9. The Balaban J connectivity index is 1.66. The van der Waals surface area contributed by atoms with Crippen molar-refractivity contribution in [3.05, 3.63) is 29.8 Å². The van der Waals surface area contributed by atoms with E-state index in [0.29, 0.717) is 31.0 Å². The molecule has 1 aromatic rings. The second kappa shape index (κ2) is 6.14. The van der Waals surface area contributed by atoms with Gasteiger partial charge in [-0.05, 0) is 36.5 Å². The lowest BCUT2D eigenvalue weighted by Gasteiger charge is -2.37. The number of nitrogens with one attached hydrogen (secondary N) is 3. The van der Waals surface area contributed by atoms with Gasteiger partial charge in [0, 0.05) is 12.2 Å². The molecule has 3 N–H and O–H groups in total. The standard InChI is InChI=1S/C17H22N4O3/c1-11(2)12-4-6-13(7-5-12)18-16(24)21-9-3-8-17(10-21)14(22)19-15(23)20-17/h4-7,11H,3,8-10H2,1-2H3,(H,18,24)(H2,19,20,22,23). The number of piperidine rings is 1. The van der Waals surface area contributed by atoms with E-state index in [1.165, 1.54) is 5.56 Å². The van der Waals surface area contributed by atoms with Crippen LogP contribution in [-0.2, 0) is 4.79 Å². The zero-order valence-corrected chi connectivity index (χ0v) is 13.9.